The Morgan fingerprint density at radius 2 is 2.12 bits per heavy atom. The summed E-state index contributed by atoms with van der Waals surface area (Å²) in [7, 11) is 0. The summed E-state index contributed by atoms with van der Waals surface area (Å²) in [6.07, 6.45) is 3.18. The van der Waals surface area contributed by atoms with Crippen molar-refractivity contribution in [1.82, 2.24) is 10.2 Å². The van der Waals surface area contributed by atoms with E-state index in [1.807, 2.05) is 25.1 Å². The predicted octanol–water partition coefficient (Wildman–Crippen LogP) is 2.62. The van der Waals surface area contributed by atoms with Crippen LogP contribution in [-0.4, -0.2) is 43.2 Å². The van der Waals surface area contributed by atoms with Gasteiger partial charge in [-0.2, -0.15) is 0 Å². The maximum Gasteiger partial charge on any atom is 0.244 e. The Bertz CT molecular complexity index is 709. The molecule has 1 aromatic heterocycles. The second-order valence-electron chi connectivity index (χ2n) is 6.24. The monoisotopic (exact) mass is 340 g/mol. The van der Waals surface area contributed by atoms with Crippen molar-refractivity contribution in [3.8, 4) is 0 Å². The first kappa shape index (κ1) is 17.5. The van der Waals surface area contributed by atoms with Gasteiger partial charge < -0.3 is 14.5 Å². The third kappa shape index (κ3) is 5.59. The number of benzene rings is 1. The number of nitrogens with zero attached hydrogens (tertiary/aromatic N) is 1. The molecule has 25 heavy (non-hydrogen) atoms. The van der Waals surface area contributed by atoms with Gasteiger partial charge >= 0.3 is 0 Å². The van der Waals surface area contributed by atoms with Crippen molar-refractivity contribution in [2.45, 2.75) is 19.6 Å². The largest absolute Gasteiger partial charge is 0.462 e. The van der Waals surface area contributed by atoms with E-state index in [4.69, 9.17) is 9.15 Å². The zero-order valence-corrected chi connectivity index (χ0v) is 14.5. The van der Waals surface area contributed by atoms with Crippen molar-refractivity contribution in [3.05, 3.63) is 65.6 Å². The molecular weight excluding hydrogens is 316 g/mol. The van der Waals surface area contributed by atoms with E-state index in [0.29, 0.717) is 18.9 Å². The standard InChI is InChI=1S/C20H24N2O3/c1-16-7-8-18(25-16)9-10-20(23)21-13-19-15-22(11-12-24-19)14-17-5-3-2-4-6-17/h2-10,19H,11-15H2,1H3,(H,21,23)/b10-9+. The van der Waals surface area contributed by atoms with Gasteiger partial charge in [0.15, 0.2) is 0 Å². The lowest BCUT2D eigenvalue weighted by Crippen LogP contribution is -2.46. The average molecular weight is 340 g/mol. The molecule has 1 fully saturated rings. The second-order valence-corrected chi connectivity index (χ2v) is 6.24. The van der Waals surface area contributed by atoms with Crippen LogP contribution in [0.5, 0.6) is 0 Å². The number of nitrogens with one attached hydrogen (secondary N) is 1. The van der Waals surface area contributed by atoms with Crippen LogP contribution in [0.25, 0.3) is 6.08 Å². The molecule has 1 saturated heterocycles. The molecule has 1 aliphatic heterocycles. The topological polar surface area (TPSA) is 54.7 Å². The number of ether oxygens (including phenoxy) is 1. The van der Waals surface area contributed by atoms with Gasteiger partial charge in [0.05, 0.1) is 12.7 Å². The summed E-state index contributed by atoms with van der Waals surface area (Å²) in [6, 6.07) is 14.1. The van der Waals surface area contributed by atoms with Gasteiger partial charge in [-0.3, -0.25) is 9.69 Å². The fraction of sp³-hybridized carbons (Fsp3) is 0.350. The number of aryl methyl sites for hydroxylation is 1. The minimum atomic E-state index is -0.141. The van der Waals surface area contributed by atoms with E-state index in [1.165, 1.54) is 11.6 Å². The van der Waals surface area contributed by atoms with Gasteiger partial charge in [0.1, 0.15) is 11.5 Å². The number of carbonyl (C=O) groups is 1. The highest BCUT2D eigenvalue weighted by atomic mass is 16.5. The first-order valence-corrected chi connectivity index (χ1v) is 8.59. The minimum Gasteiger partial charge on any atom is -0.462 e. The molecule has 1 aromatic carbocycles. The molecule has 1 atom stereocenters. The Morgan fingerprint density at radius 1 is 1.28 bits per heavy atom. The Hall–Kier alpha value is -2.37. The number of hydrogen-bond acceptors (Lipinski definition) is 4. The fourth-order valence-corrected chi connectivity index (χ4v) is 2.86. The normalized spacial score (nSPS) is 18.5. The first-order valence-electron chi connectivity index (χ1n) is 8.59. The van der Waals surface area contributed by atoms with Crippen molar-refractivity contribution < 1.29 is 13.9 Å². The number of amides is 1. The van der Waals surface area contributed by atoms with Crippen molar-refractivity contribution in [2.75, 3.05) is 26.2 Å². The van der Waals surface area contributed by atoms with Crippen LogP contribution >= 0.6 is 0 Å². The molecule has 5 nitrogen and oxygen atoms in total. The van der Waals surface area contributed by atoms with E-state index in [1.54, 1.807) is 6.08 Å². The quantitative estimate of drug-likeness (QED) is 0.822. The van der Waals surface area contributed by atoms with Crippen LogP contribution in [0.3, 0.4) is 0 Å². The summed E-state index contributed by atoms with van der Waals surface area (Å²) in [5.41, 5.74) is 1.30. The van der Waals surface area contributed by atoms with Gasteiger partial charge in [0.2, 0.25) is 5.91 Å². The lowest BCUT2D eigenvalue weighted by molar-refractivity contribution is -0.117. The number of hydrogen-bond donors (Lipinski definition) is 1. The summed E-state index contributed by atoms with van der Waals surface area (Å²) in [5.74, 6) is 1.36. The average Bonchev–Trinajstić information content (AvgIpc) is 3.05. The van der Waals surface area contributed by atoms with Crippen LogP contribution < -0.4 is 5.32 Å². The highest BCUT2D eigenvalue weighted by Gasteiger charge is 2.20. The smallest absolute Gasteiger partial charge is 0.244 e. The molecule has 2 heterocycles. The van der Waals surface area contributed by atoms with E-state index in [-0.39, 0.29) is 12.0 Å². The van der Waals surface area contributed by atoms with Crippen LogP contribution in [0, 0.1) is 6.92 Å². The van der Waals surface area contributed by atoms with Gasteiger partial charge in [-0.25, -0.2) is 0 Å². The molecule has 0 aliphatic carbocycles. The molecule has 132 valence electrons. The summed E-state index contributed by atoms with van der Waals surface area (Å²) in [4.78, 5) is 14.3. The minimum absolute atomic E-state index is 0.0145. The van der Waals surface area contributed by atoms with Crippen LogP contribution in [0.1, 0.15) is 17.1 Å². The molecule has 0 bridgehead atoms. The van der Waals surface area contributed by atoms with Gasteiger partial charge in [-0.05, 0) is 30.7 Å². The summed E-state index contributed by atoms with van der Waals surface area (Å²) >= 11 is 0. The van der Waals surface area contributed by atoms with E-state index < -0.39 is 0 Å². The summed E-state index contributed by atoms with van der Waals surface area (Å²) < 4.78 is 11.2. The molecule has 0 saturated carbocycles. The fourth-order valence-electron chi connectivity index (χ4n) is 2.86. The number of carbonyl (C=O) groups excluding carboxylic acids is 1. The van der Waals surface area contributed by atoms with Crippen molar-refractivity contribution in [3.63, 3.8) is 0 Å². The molecular formula is C20H24N2O3. The highest BCUT2D eigenvalue weighted by Crippen LogP contribution is 2.10. The van der Waals surface area contributed by atoms with E-state index in [9.17, 15) is 4.79 Å². The van der Waals surface area contributed by atoms with Gasteiger partial charge in [-0.1, -0.05) is 30.3 Å². The van der Waals surface area contributed by atoms with Crippen LogP contribution in [-0.2, 0) is 16.1 Å². The van der Waals surface area contributed by atoms with Gasteiger partial charge in [-0.15, -0.1) is 0 Å². The lowest BCUT2D eigenvalue weighted by Gasteiger charge is -2.33. The SMILES string of the molecule is Cc1ccc(/C=C/C(=O)NCC2CN(Cc3ccccc3)CCO2)o1. The summed E-state index contributed by atoms with van der Waals surface area (Å²) in [5, 5.41) is 2.89. The van der Waals surface area contributed by atoms with E-state index in [0.717, 1.165) is 25.4 Å². The third-order valence-corrected chi connectivity index (χ3v) is 4.14. The van der Waals surface area contributed by atoms with Crippen LogP contribution in [0.4, 0.5) is 0 Å². The first-order chi connectivity index (χ1) is 12.2. The summed E-state index contributed by atoms with van der Waals surface area (Å²) in [6.45, 7) is 5.71. The molecule has 0 radical (unpaired) electrons. The van der Waals surface area contributed by atoms with E-state index >= 15 is 0 Å². The second kappa shape index (κ2) is 8.65. The Morgan fingerprint density at radius 3 is 2.88 bits per heavy atom. The Balaban J connectivity index is 1.43. The third-order valence-electron chi connectivity index (χ3n) is 4.14. The molecule has 1 aliphatic rings. The maximum absolute atomic E-state index is 11.9. The number of morpholine rings is 1. The predicted molar refractivity (Wildman–Crippen MR) is 96.9 cm³/mol. The van der Waals surface area contributed by atoms with Crippen molar-refractivity contribution in [2.24, 2.45) is 0 Å². The van der Waals surface area contributed by atoms with Crippen molar-refractivity contribution >= 4 is 12.0 Å². The van der Waals surface area contributed by atoms with E-state index in [2.05, 4.69) is 34.5 Å². The molecule has 0 spiro atoms. The molecule has 2 aromatic rings. The maximum atomic E-state index is 11.9. The zero-order chi connectivity index (χ0) is 17.5. The van der Waals surface area contributed by atoms with Crippen molar-refractivity contribution in [1.29, 1.82) is 0 Å². The van der Waals surface area contributed by atoms with Crippen LogP contribution in [0.2, 0.25) is 0 Å². The lowest BCUT2D eigenvalue weighted by atomic mass is 10.2. The van der Waals surface area contributed by atoms with Gasteiger partial charge in [0.25, 0.3) is 0 Å². The van der Waals surface area contributed by atoms with Gasteiger partial charge in [0, 0.05) is 32.3 Å². The highest BCUT2D eigenvalue weighted by molar-refractivity contribution is 5.91. The molecule has 1 unspecified atom stereocenters. The number of furan rings is 1. The molecule has 3 rings (SSSR count). The molecule has 1 N–H and O–H groups in total. The molecule has 1 amide bonds. The molecule has 5 heteroatoms. The Kier molecular flexibility index (Phi) is 6.04. The van der Waals surface area contributed by atoms with Crippen LogP contribution in [0.15, 0.2) is 53.0 Å². The number of rotatable bonds is 6. The zero-order valence-electron chi connectivity index (χ0n) is 14.5. The Labute approximate surface area is 148 Å².